The van der Waals surface area contributed by atoms with Gasteiger partial charge in [-0.3, -0.25) is 4.98 Å². The Morgan fingerprint density at radius 3 is 2.28 bits per heavy atom. The first kappa shape index (κ1) is 19.0. The van der Waals surface area contributed by atoms with Gasteiger partial charge < -0.3 is 5.32 Å². The highest BCUT2D eigenvalue weighted by Crippen LogP contribution is 2.15. The van der Waals surface area contributed by atoms with Crippen LogP contribution in [0.25, 0.3) is 5.69 Å². The van der Waals surface area contributed by atoms with E-state index in [9.17, 15) is 4.79 Å². The summed E-state index contributed by atoms with van der Waals surface area (Å²) in [6.45, 7) is 2.82. The lowest BCUT2D eigenvalue weighted by atomic mass is 10.1. The average Bonchev–Trinajstić information content (AvgIpc) is 3.10. The highest BCUT2D eigenvalue weighted by Gasteiger charge is 2.08. The number of anilines is 1. The molecule has 0 saturated heterocycles. The van der Waals surface area contributed by atoms with E-state index in [1.807, 2.05) is 48.5 Å². The molecule has 1 heterocycles. The quantitative estimate of drug-likeness (QED) is 0.488. The van der Waals surface area contributed by atoms with Crippen LogP contribution in [0.4, 0.5) is 5.69 Å². The fourth-order valence-electron chi connectivity index (χ4n) is 3.05. The fraction of sp³-hybridized carbons (Fsp3) is 0.130. The molecule has 0 atom stereocenters. The van der Waals surface area contributed by atoms with E-state index < -0.39 is 0 Å². The van der Waals surface area contributed by atoms with Crippen LogP contribution in [0.1, 0.15) is 22.5 Å². The van der Waals surface area contributed by atoms with E-state index in [2.05, 4.69) is 46.6 Å². The summed E-state index contributed by atoms with van der Waals surface area (Å²) in [6, 6.07) is 23.6. The number of hydrogen-bond acceptors (Lipinski definition) is 3. The molecule has 1 aromatic heterocycles. The number of hydrogen-bond donors (Lipinski definition) is 2. The number of aryl methyl sites for hydroxylation is 1. The molecule has 0 fully saturated rings. The number of aromatic amines is 1. The Hall–Kier alpha value is -3.31. The molecule has 0 radical (unpaired) electrons. The third-order valence-electron chi connectivity index (χ3n) is 4.68. The standard InChI is InChI=1S/C23H21ClN4O/c1-16-2-4-18(5-3-16)15-25-20-10-12-21(13-11-20)28-23(29)26-22(27-28)14-17-6-8-19(24)9-7-17/h2-13,25H,14-15H2,1H3,(H,26,27,29). The fourth-order valence-corrected chi connectivity index (χ4v) is 3.17. The molecule has 0 aliphatic rings. The minimum atomic E-state index is -0.255. The molecule has 4 rings (SSSR count). The number of H-pyrrole nitrogens is 1. The summed E-state index contributed by atoms with van der Waals surface area (Å²) in [6.07, 6.45) is 0.537. The molecule has 0 spiro atoms. The van der Waals surface area contributed by atoms with Crippen molar-refractivity contribution in [3.8, 4) is 5.69 Å². The van der Waals surface area contributed by atoms with Crippen molar-refractivity contribution in [2.24, 2.45) is 0 Å². The summed E-state index contributed by atoms with van der Waals surface area (Å²) in [5.74, 6) is 0.610. The average molecular weight is 405 g/mol. The smallest absolute Gasteiger partial charge is 0.348 e. The maximum atomic E-state index is 12.3. The highest BCUT2D eigenvalue weighted by atomic mass is 35.5. The van der Waals surface area contributed by atoms with Gasteiger partial charge in [0, 0.05) is 23.7 Å². The third-order valence-corrected chi connectivity index (χ3v) is 4.93. The molecule has 6 heteroatoms. The van der Waals surface area contributed by atoms with Crippen LogP contribution in [-0.4, -0.2) is 14.8 Å². The van der Waals surface area contributed by atoms with E-state index >= 15 is 0 Å². The number of aromatic nitrogens is 3. The lowest BCUT2D eigenvalue weighted by Gasteiger charge is -2.08. The molecule has 4 aromatic rings. The molecule has 2 N–H and O–H groups in total. The predicted molar refractivity (Wildman–Crippen MR) is 117 cm³/mol. The van der Waals surface area contributed by atoms with Crippen molar-refractivity contribution in [1.29, 1.82) is 0 Å². The van der Waals surface area contributed by atoms with Crippen molar-refractivity contribution < 1.29 is 0 Å². The zero-order valence-electron chi connectivity index (χ0n) is 16.0. The van der Waals surface area contributed by atoms with Gasteiger partial charge in [-0.1, -0.05) is 53.6 Å². The van der Waals surface area contributed by atoms with Crippen LogP contribution in [0.3, 0.4) is 0 Å². The first-order valence-corrected chi connectivity index (χ1v) is 9.77. The van der Waals surface area contributed by atoms with Gasteiger partial charge in [0.05, 0.1) is 5.69 Å². The molecule has 0 aliphatic carbocycles. The van der Waals surface area contributed by atoms with Crippen LogP contribution in [0.2, 0.25) is 5.02 Å². The van der Waals surface area contributed by atoms with E-state index in [0.717, 1.165) is 23.5 Å². The minimum Gasteiger partial charge on any atom is -0.381 e. The van der Waals surface area contributed by atoms with E-state index in [4.69, 9.17) is 11.6 Å². The molecule has 29 heavy (non-hydrogen) atoms. The van der Waals surface area contributed by atoms with E-state index in [-0.39, 0.29) is 5.69 Å². The Kier molecular flexibility index (Phi) is 5.49. The molecule has 5 nitrogen and oxygen atoms in total. The Bertz CT molecular complexity index is 1140. The molecule has 0 amide bonds. The summed E-state index contributed by atoms with van der Waals surface area (Å²) >= 11 is 5.92. The number of benzene rings is 3. The monoisotopic (exact) mass is 404 g/mol. The maximum Gasteiger partial charge on any atom is 0.348 e. The first-order valence-electron chi connectivity index (χ1n) is 9.39. The second kappa shape index (κ2) is 8.37. The van der Waals surface area contributed by atoms with Crippen molar-refractivity contribution in [3.63, 3.8) is 0 Å². The molecular formula is C23H21ClN4O. The summed E-state index contributed by atoms with van der Waals surface area (Å²) in [4.78, 5) is 15.1. The lowest BCUT2D eigenvalue weighted by molar-refractivity contribution is 0.824. The number of nitrogens with zero attached hydrogens (tertiary/aromatic N) is 2. The molecule has 0 saturated carbocycles. The van der Waals surface area contributed by atoms with Gasteiger partial charge in [-0.25, -0.2) is 4.79 Å². The van der Waals surface area contributed by atoms with Gasteiger partial charge in [0.1, 0.15) is 5.82 Å². The second-order valence-electron chi connectivity index (χ2n) is 6.98. The summed E-state index contributed by atoms with van der Waals surface area (Å²) in [5.41, 5.74) is 4.95. The van der Waals surface area contributed by atoms with Crippen LogP contribution >= 0.6 is 11.6 Å². The molecule has 146 valence electrons. The van der Waals surface area contributed by atoms with Crippen molar-refractivity contribution in [2.45, 2.75) is 19.9 Å². The lowest BCUT2D eigenvalue weighted by Crippen LogP contribution is -2.15. The second-order valence-corrected chi connectivity index (χ2v) is 7.41. The minimum absolute atomic E-state index is 0.255. The Morgan fingerprint density at radius 1 is 0.931 bits per heavy atom. The molecule has 3 aromatic carbocycles. The molecule has 0 bridgehead atoms. The predicted octanol–water partition coefficient (Wildman–Crippen LogP) is 4.73. The van der Waals surface area contributed by atoms with Crippen molar-refractivity contribution in [2.75, 3.05) is 5.32 Å². The van der Waals surface area contributed by atoms with Crippen LogP contribution in [0.5, 0.6) is 0 Å². The number of nitrogens with one attached hydrogen (secondary N) is 2. The summed E-state index contributed by atoms with van der Waals surface area (Å²) in [7, 11) is 0. The zero-order chi connectivity index (χ0) is 20.2. The molecule has 0 aliphatic heterocycles. The van der Waals surface area contributed by atoms with Crippen LogP contribution < -0.4 is 11.0 Å². The normalized spacial score (nSPS) is 10.8. The van der Waals surface area contributed by atoms with E-state index in [0.29, 0.717) is 17.3 Å². The summed E-state index contributed by atoms with van der Waals surface area (Å²) in [5, 5.41) is 8.50. The topological polar surface area (TPSA) is 62.7 Å². The van der Waals surface area contributed by atoms with Crippen molar-refractivity contribution in [3.05, 3.63) is 111 Å². The van der Waals surface area contributed by atoms with Gasteiger partial charge in [0.15, 0.2) is 0 Å². The van der Waals surface area contributed by atoms with Crippen LogP contribution in [0.15, 0.2) is 77.6 Å². The van der Waals surface area contributed by atoms with Crippen LogP contribution in [0, 0.1) is 6.92 Å². The maximum absolute atomic E-state index is 12.3. The Balaban J connectivity index is 1.44. The van der Waals surface area contributed by atoms with Crippen molar-refractivity contribution in [1.82, 2.24) is 14.8 Å². The highest BCUT2D eigenvalue weighted by molar-refractivity contribution is 6.30. The van der Waals surface area contributed by atoms with Gasteiger partial charge in [-0.2, -0.15) is 4.68 Å². The van der Waals surface area contributed by atoms with Crippen molar-refractivity contribution >= 4 is 17.3 Å². The molecular weight excluding hydrogens is 384 g/mol. The zero-order valence-corrected chi connectivity index (χ0v) is 16.8. The Morgan fingerprint density at radius 2 is 1.59 bits per heavy atom. The van der Waals surface area contributed by atoms with E-state index in [1.165, 1.54) is 15.8 Å². The SMILES string of the molecule is Cc1ccc(CNc2ccc(-n3nc(Cc4ccc(Cl)cc4)[nH]c3=O)cc2)cc1. The molecule has 0 unspecified atom stereocenters. The van der Waals surface area contributed by atoms with Gasteiger partial charge >= 0.3 is 5.69 Å². The largest absolute Gasteiger partial charge is 0.381 e. The number of halogens is 1. The number of rotatable bonds is 6. The van der Waals surface area contributed by atoms with Gasteiger partial charge in [-0.15, -0.1) is 5.10 Å². The van der Waals surface area contributed by atoms with Gasteiger partial charge in [0.2, 0.25) is 0 Å². The van der Waals surface area contributed by atoms with Gasteiger partial charge in [0.25, 0.3) is 0 Å². The van der Waals surface area contributed by atoms with Gasteiger partial charge in [-0.05, 0) is 54.4 Å². The van der Waals surface area contributed by atoms with Crippen LogP contribution in [-0.2, 0) is 13.0 Å². The third kappa shape index (κ3) is 4.76. The summed E-state index contributed by atoms with van der Waals surface area (Å²) < 4.78 is 1.38. The first-order chi connectivity index (χ1) is 14.1. The Labute approximate surface area is 174 Å². The van der Waals surface area contributed by atoms with E-state index in [1.54, 1.807) is 0 Å².